The van der Waals surface area contributed by atoms with Crippen LogP contribution >= 0.6 is 0 Å². The third-order valence-corrected chi connectivity index (χ3v) is 4.25. The van der Waals surface area contributed by atoms with E-state index in [0.29, 0.717) is 26.2 Å². The molecule has 0 aliphatic heterocycles. The highest BCUT2D eigenvalue weighted by Gasteiger charge is 2.15. The Morgan fingerprint density at radius 3 is 2.14 bits per heavy atom. The minimum atomic E-state index is -0.753. The standard InChI is InChI=1S/C21H22N4O3/c26-19-11-16(21(28)20(27)12-19)13-22-9-10-25(14-17-5-1-3-7-23-17)15-18-6-2-4-8-24-18/h1-8,11-12,22,27H,9-10,13-15H2/p-1. The number of carbonyl (C=O) groups is 2. The van der Waals surface area contributed by atoms with Crippen molar-refractivity contribution in [2.45, 2.75) is 13.1 Å². The predicted molar refractivity (Wildman–Crippen MR) is 102 cm³/mol. The van der Waals surface area contributed by atoms with Crippen molar-refractivity contribution in [3.63, 3.8) is 0 Å². The van der Waals surface area contributed by atoms with Gasteiger partial charge in [0, 0.05) is 50.7 Å². The van der Waals surface area contributed by atoms with E-state index in [2.05, 4.69) is 20.2 Å². The van der Waals surface area contributed by atoms with E-state index in [-0.39, 0.29) is 12.1 Å². The maximum Gasteiger partial charge on any atom is 0.178 e. The minimum Gasteiger partial charge on any atom is -0.870 e. The summed E-state index contributed by atoms with van der Waals surface area (Å²) in [4.78, 5) is 34.2. The van der Waals surface area contributed by atoms with Crippen molar-refractivity contribution in [3.05, 3.63) is 83.7 Å². The maximum atomic E-state index is 11.8. The van der Waals surface area contributed by atoms with E-state index in [9.17, 15) is 14.7 Å². The predicted octanol–water partition coefficient (Wildman–Crippen LogP) is 0.391. The lowest BCUT2D eigenvalue weighted by Crippen LogP contribution is -2.35. The van der Waals surface area contributed by atoms with Gasteiger partial charge in [0.05, 0.1) is 11.4 Å². The van der Waals surface area contributed by atoms with Crippen LogP contribution < -0.4 is 10.4 Å². The van der Waals surface area contributed by atoms with Crippen LogP contribution in [0.2, 0.25) is 0 Å². The lowest BCUT2D eigenvalue weighted by molar-refractivity contribution is -0.297. The SMILES string of the molecule is O=C1C=C([O-])C(=O)C(CNCCN(Cc2ccccn2)Cc2ccccn2)=C1. The first kappa shape index (κ1) is 19.6. The van der Waals surface area contributed by atoms with E-state index < -0.39 is 17.3 Å². The number of aromatic nitrogens is 2. The van der Waals surface area contributed by atoms with E-state index in [0.717, 1.165) is 17.5 Å². The molecule has 0 saturated heterocycles. The number of nitrogens with zero attached hydrogens (tertiary/aromatic N) is 3. The molecule has 7 nitrogen and oxygen atoms in total. The zero-order valence-corrected chi connectivity index (χ0v) is 15.4. The second kappa shape index (κ2) is 9.68. The van der Waals surface area contributed by atoms with Crippen LogP contribution in [0.3, 0.4) is 0 Å². The summed E-state index contributed by atoms with van der Waals surface area (Å²) in [5.74, 6) is -1.81. The van der Waals surface area contributed by atoms with Gasteiger partial charge in [-0.05, 0) is 36.4 Å². The highest BCUT2D eigenvalue weighted by molar-refractivity contribution is 6.19. The van der Waals surface area contributed by atoms with Gasteiger partial charge in [-0.15, -0.1) is 0 Å². The normalized spacial score (nSPS) is 14.2. The van der Waals surface area contributed by atoms with E-state index in [1.165, 1.54) is 6.08 Å². The van der Waals surface area contributed by atoms with Gasteiger partial charge in [0.15, 0.2) is 11.6 Å². The van der Waals surface area contributed by atoms with Crippen LogP contribution in [-0.2, 0) is 22.7 Å². The number of Topliss-reactive ketones (excluding diaryl/α,β-unsaturated/α-hetero) is 1. The summed E-state index contributed by atoms with van der Waals surface area (Å²) in [5, 5.41) is 14.6. The van der Waals surface area contributed by atoms with E-state index in [1.807, 2.05) is 36.4 Å². The van der Waals surface area contributed by atoms with Crippen LogP contribution in [0, 0.1) is 0 Å². The Morgan fingerprint density at radius 1 is 0.929 bits per heavy atom. The Labute approximate surface area is 163 Å². The van der Waals surface area contributed by atoms with Gasteiger partial charge in [0.2, 0.25) is 0 Å². The Hall–Kier alpha value is -3.16. The van der Waals surface area contributed by atoms with E-state index in [4.69, 9.17) is 0 Å². The summed E-state index contributed by atoms with van der Waals surface area (Å²) >= 11 is 0. The van der Waals surface area contributed by atoms with Crippen LogP contribution in [0.1, 0.15) is 11.4 Å². The van der Waals surface area contributed by atoms with Crippen molar-refractivity contribution in [2.24, 2.45) is 0 Å². The topological polar surface area (TPSA) is 98.2 Å². The average molecular weight is 377 g/mol. The molecule has 2 aromatic heterocycles. The molecule has 7 heteroatoms. The summed E-state index contributed by atoms with van der Waals surface area (Å²) in [6, 6.07) is 11.6. The molecule has 2 aromatic rings. The highest BCUT2D eigenvalue weighted by atomic mass is 16.3. The Balaban J connectivity index is 1.55. The fourth-order valence-corrected chi connectivity index (χ4v) is 2.88. The number of hydrogen-bond acceptors (Lipinski definition) is 7. The fourth-order valence-electron chi connectivity index (χ4n) is 2.88. The van der Waals surface area contributed by atoms with E-state index in [1.54, 1.807) is 12.4 Å². The molecule has 0 aromatic carbocycles. The molecule has 0 spiro atoms. The molecule has 0 atom stereocenters. The molecule has 0 unspecified atom stereocenters. The number of pyridine rings is 2. The molecule has 3 rings (SSSR count). The molecule has 144 valence electrons. The Morgan fingerprint density at radius 2 is 1.57 bits per heavy atom. The van der Waals surface area contributed by atoms with Crippen LogP contribution in [-0.4, -0.2) is 46.1 Å². The lowest BCUT2D eigenvalue weighted by atomic mass is 10.0. The van der Waals surface area contributed by atoms with Crippen LogP contribution in [0.5, 0.6) is 0 Å². The first-order valence-electron chi connectivity index (χ1n) is 9.02. The summed E-state index contributed by atoms with van der Waals surface area (Å²) in [7, 11) is 0. The van der Waals surface area contributed by atoms with Crippen molar-refractivity contribution in [2.75, 3.05) is 19.6 Å². The van der Waals surface area contributed by atoms with Gasteiger partial charge >= 0.3 is 0 Å². The maximum absolute atomic E-state index is 11.8. The molecular formula is C21H21N4O3-. The molecule has 0 saturated carbocycles. The number of carbonyl (C=O) groups excluding carboxylic acids is 2. The van der Waals surface area contributed by atoms with Crippen molar-refractivity contribution in [1.29, 1.82) is 0 Å². The third kappa shape index (κ3) is 5.67. The number of ketones is 2. The highest BCUT2D eigenvalue weighted by Crippen LogP contribution is 2.09. The molecule has 0 radical (unpaired) electrons. The van der Waals surface area contributed by atoms with Crippen molar-refractivity contribution in [1.82, 2.24) is 20.2 Å². The molecule has 1 aliphatic carbocycles. The van der Waals surface area contributed by atoms with Crippen molar-refractivity contribution in [3.8, 4) is 0 Å². The summed E-state index contributed by atoms with van der Waals surface area (Å²) in [5.41, 5.74) is 2.11. The second-order valence-electron chi connectivity index (χ2n) is 6.44. The lowest BCUT2D eigenvalue weighted by Gasteiger charge is -2.22. The molecular weight excluding hydrogens is 356 g/mol. The number of rotatable bonds is 9. The number of allylic oxidation sites excluding steroid dienone is 3. The zero-order valence-electron chi connectivity index (χ0n) is 15.4. The second-order valence-corrected chi connectivity index (χ2v) is 6.44. The first-order chi connectivity index (χ1) is 13.6. The monoisotopic (exact) mass is 377 g/mol. The molecule has 2 heterocycles. The quantitative estimate of drug-likeness (QED) is 0.499. The molecule has 1 aliphatic rings. The van der Waals surface area contributed by atoms with E-state index >= 15 is 0 Å². The molecule has 0 fully saturated rings. The molecule has 1 N–H and O–H groups in total. The van der Waals surface area contributed by atoms with Gasteiger partial charge in [-0.3, -0.25) is 24.5 Å². The fraction of sp³-hybridized carbons (Fsp3) is 0.238. The first-order valence-corrected chi connectivity index (χ1v) is 9.02. The van der Waals surface area contributed by atoms with Gasteiger partial charge in [-0.1, -0.05) is 17.9 Å². The smallest absolute Gasteiger partial charge is 0.178 e. The van der Waals surface area contributed by atoms with Crippen LogP contribution in [0.25, 0.3) is 0 Å². The zero-order chi connectivity index (χ0) is 19.8. The largest absolute Gasteiger partial charge is 0.870 e. The van der Waals surface area contributed by atoms with Gasteiger partial charge in [0.25, 0.3) is 0 Å². The van der Waals surface area contributed by atoms with Crippen molar-refractivity contribution >= 4 is 11.6 Å². The molecule has 28 heavy (non-hydrogen) atoms. The number of nitrogens with one attached hydrogen (secondary N) is 1. The summed E-state index contributed by atoms with van der Waals surface area (Å²) in [6.45, 7) is 2.77. The van der Waals surface area contributed by atoms with Gasteiger partial charge < -0.3 is 10.4 Å². The summed E-state index contributed by atoms with van der Waals surface area (Å²) in [6.07, 6.45) is 5.57. The van der Waals surface area contributed by atoms with Gasteiger partial charge in [-0.25, -0.2) is 0 Å². The third-order valence-electron chi connectivity index (χ3n) is 4.25. The Kier molecular flexibility index (Phi) is 6.78. The molecule has 0 bridgehead atoms. The summed E-state index contributed by atoms with van der Waals surface area (Å²) < 4.78 is 0. The van der Waals surface area contributed by atoms with Crippen LogP contribution in [0.15, 0.2) is 72.3 Å². The van der Waals surface area contributed by atoms with Gasteiger partial charge in [0.1, 0.15) is 0 Å². The molecule has 0 amide bonds. The Bertz CT molecular complexity index is 838. The average Bonchev–Trinajstić information content (AvgIpc) is 2.70. The number of hydrogen-bond donors (Lipinski definition) is 1. The van der Waals surface area contributed by atoms with Crippen LogP contribution in [0.4, 0.5) is 0 Å². The van der Waals surface area contributed by atoms with Gasteiger partial charge in [-0.2, -0.15) is 0 Å². The minimum absolute atomic E-state index is 0.186. The van der Waals surface area contributed by atoms with Crippen molar-refractivity contribution < 1.29 is 14.7 Å².